The molecular formula is C17H22N2O3S. The van der Waals surface area contributed by atoms with Gasteiger partial charge in [0.1, 0.15) is 16.7 Å². The molecule has 0 saturated heterocycles. The summed E-state index contributed by atoms with van der Waals surface area (Å²) in [5, 5.41) is 0.720. The van der Waals surface area contributed by atoms with Gasteiger partial charge in [-0.1, -0.05) is 6.92 Å². The number of nitrogens with zero attached hydrogens (tertiary/aromatic N) is 2. The van der Waals surface area contributed by atoms with Crippen molar-refractivity contribution < 1.29 is 9.53 Å². The number of carbonyl (C=O) groups is 1. The molecule has 0 spiro atoms. The highest BCUT2D eigenvalue weighted by atomic mass is 32.1. The van der Waals surface area contributed by atoms with Gasteiger partial charge in [0.2, 0.25) is 0 Å². The van der Waals surface area contributed by atoms with Crippen LogP contribution in [0.5, 0.6) is 0 Å². The third-order valence-electron chi connectivity index (χ3n) is 4.45. The zero-order valence-electron chi connectivity index (χ0n) is 13.8. The maximum atomic E-state index is 13.1. The van der Waals surface area contributed by atoms with Crippen LogP contribution < -0.4 is 5.56 Å². The molecule has 0 amide bonds. The van der Waals surface area contributed by atoms with Crippen LogP contribution in [0.4, 0.5) is 0 Å². The molecule has 0 saturated carbocycles. The van der Waals surface area contributed by atoms with Gasteiger partial charge in [0.25, 0.3) is 5.56 Å². The van der Waals surface area contributed by atoms with Gasteiger partial charge in [0.15, 0.2) is 0 Å². The topological polar surface area (TPSA) is 61.2 Å². The fourth-order valence-electron chi connectivity index (χ4n) is 3.38. The van der Waals surface area contributed by atoms with Gasteiger partial charge in [-0.15, -0.1) is 11.3 Å². The summed E-state index contributed by atoms with van der Waals surface area (Å²) in [6.45, 7) is 5.77. The number of carbonyl (C=O) groups excluding carboxylic acids is 1. The van der Waals surface area contributed by atoms with E-state index < -0.39 is 6.04 Å². The Balaban J connectivity index is 2.21. The molecule has 1 unspecified atom stereocenters. The van der Waals surface area contributed by atoms with Crippen molar-refractivity contribution in [1.82, 2.24) is 9.55 Å². The van der Waals surface area contributed by atoms with Gasteiger partial charge in [-0.25, -0.2) is 9.78 Å². The van der Waals surface area contributed by atoms with Gasteiger partial charge in [0.05, 0.1) is 12.0 Å². The summed E-state index contributed by atoms with van der Waals surface area (Å²) in [5.74, 6) is 0.228. The third kappa shape index (κ3) is 2.69. The first-order chi connectivity index (χ1) is 11.1. The van der Waals surface area contributed by atoms with E-state index in [1.165, 1.54) is 15.9 Å². The second kappa shape index (κ2) is 6.43. The molecule has 1 aliphatic rings. The first-order valence-corrected chi connectivity index (χ1v) is 9.10. The Bertz CT molecular complexity index is 806. The van der Waals surface area contributed by atoms with Crippen molar-refractivity contribution in [2.45, 2.75) is 58.9 Å². The SMILES string of the molecule is CCOC(=O)C(CC)n1c(C)nc2sc3c(c2c1=O)CCCC3. The molecule has 2 aromatic heterocycles. The molecule has 0 aliphatic heterocycles. The predicted octanol–water partition coefficient (Wildman–Crippen LogP) is 3.16. The zero-order chi connectivity index (χ0) is 16.6. The number of hydrogen-bond acceptors (Lipinski definition) is 5. The summed E-state index contributed by atoms with van der Waals surface area (Å²) in [4.78, 5) is 32.1. The van der Waals surface area contributed by atoms with Crippen molar-refractivity contribution in [2.75, 3.05) is 6.61 Å². The van der Waals surface area contributed by atoms with E-state index in [0.717, 1.165) is 35.0 Å². The molecule has 2 aromatic rings. The van der Waals surface area contributed by atoms with Crippen LogP contribution in [0.3, 0.4) is 0 Å². The minimum atomic E-state index is -0.599. The second-order valence-electron chi connectivity index (χ2n) is 5.90. The van der Waals surface area contributed by atoms with Crippen molar-refractivity contribution in [1.29, 1.82) is 0 Å². The lowest BCUT2D eigenvalue weighted by atomic mass is 9.97. The summed E-state index contributed by atoms with van der Waals surface area (Å²) in [7, 11) is 0. The number of fused-ring (bicyclic) bond motifs is 3. The molecule has 5 nitrogen and oxygen atoms in total. The average molecular weight is 334 g/mol. The summed E-state index contributed by atoms with van der Waals surface area (Å²) >= 11 is 1.63. The van der Waals surface area contributed by atoms with Crippen molar-refractivity contribution >= 4 is 27.5 Å². The highest BCUT2D eigenvalue weighted by molar-refractivity contribution is 7.18. The molecule has 0 fully saturated rings. The van der Waals surface area contributed by atoms with Gasteiger partial charge in [0, 0.05) is 4.88 Å². The molecule has 0 N–H and O–H groups in total. The second-order valence-corrected chi connectivity index (χ2v) is 6.98. The standard InChI is InChI=1S/C17H22N2O3S/c1-4-12(17(21)22-5-2)19-10(3)18-15-14(16(19)20)11-8-6-7-9-13(11)23-15/h12H,4-9H2,1-3H3. The van der Waals surface area contributed by atoms with Crippen LogP contribution in [0.1, 0.15) is 55.4 Å². The van der Waals surface area contributed by atoms with Gasteiger partial charge < -0.3 is 4.74 Å². The molecule has 0 bridgehead atoms. The number of ether oxygens (including phenoxy) is 1. The van der Waals surface area contributed by atoms with Crippen LogP contribution in [0, 0.1) is 6.92 Å². The zero-order valence-corrected chi connectivity index (χ0v) is 14.7. The highest BCUT2D eigenvalue weighted by Gasteiger charge is 2.27. The minimum absolute atomic E-state index is 0.0909. The lowest BCUT2D eigenvalue weighted by molar-refractivity contribution is -0.147. The van der Waals surface area contributed by atoms with Crippen molar-refractivity contribution in [3.8, 4) is 0 Å². The van der Waals surface area contributed by atoms with Crippen LogP contribution in [0.2, 0.25) is 0 Å². The number of hydrogen-bond donors (Lipinski definition) is 0. The Kier molecular flexibility index (Phi) is 4.53. The van der Waals surface area contributed by atoms with Crippen molar-refractivity contribution in [3.05, 3.63) is 26.6 Å². The van der Waals surface area contributed by atoms with Gasteiger partial charge >= 0.3 is 5.97 Å². The molecule has 6 heteroatoms. The Hall–Kier alpha value is -1.69. The monoisotopic (exact) mass is 334 g/mol. The molecule has 124 valence electrons. The Morgan fingerprint density at radius 3 is 2.78 bits per heavy atom. The Labute approximate surface area is 139 Å². The lowest BCUT2D eigenvalue weighted by Gasteiger charge is -2.19. The summed E-state index contributed by atoms with van der Waals surface area (Å²) in [5.41, 5.74) is 1.06. The number of thiophene rings is 1. The summed E-state index contributed by atoms with van der Waals surface area (Å²) in [6, 6.07) is -0.599. The Morgan fingerprint density at radius 1 is 1.35 bits per heavy atom. The molecular weight excluding hydrogens is 312 g/mol. The van der Waals surface area contributed by atoms with Crippen LogP contribution in [-0.2, 0) is 22.4 Å². The van der Waals surface area contributed by atoms with E-state index in [0.29, 0.717) is 18.9 Å². The van der Waals surface area contributed by atoms with E-state index in [1.807, 2.05) is 6.92 Å². The van der Waals surface area contributed by atoms with Crippen LogP contribution in [0.25, 0.3) is 10.2 Å². The molecule has 1 atom stereocenters. The fraction of sp³-hybridized carbons (Fsp3) is 0.588. The smallest absolute Gasteiger partial charge is 0.329 e. The number of aryl methyl sites for hydroxylation is 3. The lowest BCUT2D eigenvalue weighted by Crippen LogP contribution is -2.33. The van der Waals surface area contributed by atoms with E-state index in [9.17, 15) is 9.59 Å². The van der Waals surface area contributed by atoms with Crippen molar-refractivity contribution in [3.63, 3.8) is 0 Å². The van der Waals surface area contributed by atoms with E-state index in [4.69, 9.17) is 4.74 Å². The van der Waals surface area contributed by atoms with Crippen LogP contribution in [0.15, 0.2) is 4.79 Å². The first-order valence-electron chi connectivity index (χ1n) is 8.28. The average Bonchev–Trinajstić information content (AvgIpc) is 2.89. The molecule has 0 aromatic carbocycles. The third-order valence-corrected chi connectivity index (χ3v) is 5.64. The largest absolute Gasteiger partial charge is 0.464 e. The number of esters is 1. The molecule has 0 radical (unpaired) electrons. The maximum absolute atomic E-state index is 13.1. The van der Waals surface area contributed by atoms with Crippen LogP contribution >= 0.6 is 11.3 Å². The molecule has 23 heavy (non-hydrogen) atoms. The van der Waals surface area contributed by atoms with E-state index in [1.54, 1.807) is 25.2 Å². The normalized spacial score (nSPS) is 15.4. The molecule has 3 rings (SSSR count). The first kappa shape index (κ1) is 16.2. The van der Waals surface area contributed by atoms with Gasteiger partial charge in [-0.2, -0.15) is 0 Å². The van der Waals surface area contributed by atoms with E-state index in [2.05, 4.69) is 4.98 Å². The van der Waals surface area contributed by atoms with Gasteiger partial charge in [-0.3, -0.25) is 9.36 Å². The quantitative estimate of drug-likeness (QED) is 0.806. The minimum Gasteiger partial charge on any atom is -0.464 e. The van der Waals surface area contributed by atoms with Crippen LogP contribution in [-0.4, -0.2) is 22.1 Å². The summed E-state index contributed by atoms with van der Waals surface area (Å²) < 4.78 is 6.67. The number of aromatic nitrogens is 2. The predicted molar refractivity (Wildman–Crippen MR) is 91.2 cm³/mol. The fourth-order valence-corrected chi connectivity index (χ4v) is 4.68. The molecule has 2 heterocycles. The Morgan fingerprint density at radius 2 is 2.09 bits per heavy atom. The maximum Gasteiger partial charge on any atom is 0.329 e. The summed E-state index contributed by atoms with van der Waals surface area (Å²) in [6.07, 6.45) is 4.77. The van der Waals surface area contributed by atoms with E-state index >= 15 is 0 Å². The van der Waals surface area contributed by atoms with E-state index in [-0.39, 0.29) is 11.5 Å². The number of rotatable bonds is 4. The van der Waals surface area contributed by atoms with Crippen molar-refractivity contribution in [2.24, 2.45) is 0 Å². The molecule has 1 aliphatic carbocycles. The van der Waals surface area contributed by atoms with Gasteiger partial charge in [-0.05, 0) is 51.5 Å². The highest BCUT2D eigenvalue weighted by Crippen LogP contribution is 2.34.